The van der Waals surface area contributed by atoms with Gasteiger partial charge in [0.1, 0.15) is 0 Å². The van der Waals surface area contributed by atoms with Crippen LogP contribution >= 0.6 is 11.3 Å². The molecule has 2 heterocycles. The fraction of sp³-hybridized carbons (Fsp3) is 0.273. The third kappa shape index (κ3) is 2.49. The van der Waals surface area contributed by atoms with Crippen molar-refractivity contribution in [1.82, 2.24) is 14.5 Å². The highest BCUT2D eigenvalue weighted by atomic mass is 32.1. The maximum Gasteiger partial charge on any atom is 0.180 e. The highest BCUT2D eigenvalue weighted by molar-refractivity contribution is 7.13. The Balaban J connectivity index is 2.11. The molecule has 0 radical (unpaired) electrons. The number of nitrogen functional groups attached to an aromatic ring is 1. The summed E-state index contributed by atoms with van der Waals surface area (Å²) in [7, 11) is 0. The molecular formula is C11H14N4S. The molecule has 0 aliphatic rings. The van der Waals surface area contributed by atoms with Crippen LogP contribution in [0.5, 0.6) is 0 Å². The van der Waals surface area contributed by atoms with Gasteiger partial charge in [0.2, 0.25) is 0 Å². The Morgan fingerprint density at radius 2 is 2.12 bits per heavy atom. The summed E-state index contributed by atoms with van der Waals surface area (Å²) in [5.74, 6) is 0. The molecule has 0 unspecified atom stereocenters. The van der Waals surface area contributed by atoms with Crippen molar-refractivity contribution in [3.63, 3.8) is 0 Å². The number of nitrogens with zero attached hydrogens (tertiary/aromatic N) is 3. The Hall–Kier alpha value is -1.62. The standard InChI is InChI=1S/C11H14N4S/c1-8(2)15-5-9(13-7-15)3-4-10-6-16-11(12)14-10/h3-8H,1-2H3,(H2,12,14)/b4-3+. The van der Waals surface area contributed by atoms with Gasteiger partial charge in [0.25, 0.3) is 0 Å². The van der Waals surface area contributed by atoms with Crippen LogP contribution in [-0.2, 0) is 0 Å². The molecule has 0 saturated carbocycles. The summed E-state index contributed by atoms with van der Waals surface area (Å²) in [5, 5.41) is 2.51. The summed E-state index contributed by atoms with van der Waals surface area (Å²) >= 11 is 1.44. The Morgan fingerprint density at radius 3 is 2.69 bits per heavy atom. The van der Waals surface area contributed by atoms with Crippen molar-refractivity contribution in [1.29, 1.82) is 0 Å². The smallest absolute Gasteiger partial charge is 0.180 e. The second-order valence-corrected chi connectivity index (χ2v) is 4.67. The molecule has 2 rings (SSSR count). The molecule has 0 fully saturated rings. The summed E-state index contributed by atoms with van der Waals surface area (Å²) in [5.41, 5.74) is 7.35. The molecule has 4 nitrogen and oxygen atoms in total. The number of imidazole rings is 1. The van der Waals surface area contributed by atoms with Gasteiger partial charge in [-0.1, -0.05) is 0 Å². The Labute approximate surface area is 98.5 Å². The average Bonchev–Trinajstić information content (AvgIpc) is 2.83. The zero-order valence-electron chi connectivity index (χ0n) is 9.29. The predicted molar refractivity (Wildman–Crippen MR) is 68.1 cm³/mol. The van der Waals surface area contributed by atoms with Crippen LogP contribution in [0.25, 0.3) is 12.2 Å². The molecule has 0 amide bonds. The van der Waals surface area contributed by atoms with Crippen LogP contribution in [0.3, 0.4) is 0 Å². The summed E-state index contributed by atoms with van der Waals surface area (Å²) in [6.07, 6.45) is 7.70. The van der Waals surface area contributed by atoms with Gasteiger partial charge in [-0.15, -0.1) is 11.3 Å². The van der Waals surface area contributed by atoms with E-state index < -0.39 is 0 Å². The minimum atomic E-state index is 0.435. The maximum atomic E-state index is 5.55. The monoisotopic (exact) mass is 234 g/mol. The number of aromatic nitrogens is 3. The van der Waals surface area contributed by atoms with Gasteiger partial charge in [0, 0.05) is 17.6 Å². The molecular weight excluding hydrogens is 220 g/mol. The summed E-state index contributed by atoms with van der Waals surface area (Å²) in [4.78, 5) is 8.42. The van der Waals surface area contributed by atoms with Crippen molar-refractivity contribution in [3.8, 4) is 0 Å². The van der Waals surface area contributed by atoms with Crippen molar-refractivity contribution in [3.05, 3.63) is 29.3 Å². The van der Waals surface area contributed by atoms with Crippen molar-refractivity contribution >= 4 is 28.6 Å². The Kier molecular flexibility index (Phi) is 3.05. The topological polar surface area (TPSA) is 56.7 Å². The van der Waals surface area contributed by atoms with E-state index in [0.717, 1.165) is 11.4 Å². The molecule has 0 saturated heterocycles. The minimum Gasteiger partial charge on any atom is -0.375 e. The number of thiazole rings is 1. The van der Waals surface area contributed by atoms with Crippen LogP contribution in [0.4, 0.5) is 5.13 Å². The van der Waals surface area contributed by atoms with Crippen LogP contribution in [0.2, 0.25) is 0 Å². The second kappa shape index (κ2) is 4.49. The van der Waals surface area contributed by atoms with Gasteiger partial charge < -0.3 is 10.3 Å². The van der Waals surface area contributed by atoms with Crippen LogP contribution in [0.1, 0.15) is 31.3 Å². The molecule has 0 aromatic carbocycles. The molecule has 0 bridgehead atoms. The largest absolute Gasteiger partial charge is 0.375 e. The molecule has 0 spiro atoms. The molecule has 0 atom stereocenters. The summed E-state index contributed by atoms with van der Waals surface area (Å²) < 4.78 is 2.06. The van der Waals surface area contributed by atoms with Gasteiger partial charge in [-0.05, 0) is 26.0 Å². The molecule has 2 aromatic rings. The molecule has 16 heavy (non-hydrogen) atoms. The zero-order valence-corrected chi connectivity index (χ0v) is 10.1. The lowest BCUT2D eigenvalue weighted by Gasteiger charge is -2.03. The van der Waals surface area contributed by atoms with Gasteiger partial charge in [-0.25, -0.2) is 9.97 Å². The SMILES string of the molecule is CC(C)n1cnc(/C=C/c2csc(N)n2)c1. The second-order valence-electron chi connectivity index (χ2n) is 3.78. The zero-order chi connectivity index (χ0) is 11.5. The van der Waals surface area contributed by atoms with E-state index in [9.17, 15) is 0 Å². The van der Waals surface area contributed by atoms with E-state index in [1.807, 2.05) is 30.1 Å². The van der Waals surface area contributed by atoms with Gasteiger partial charge in [-0.3, -0.25) is 0 Å². The quantitative estimate of drug-likeness (QED) is 0.888. The minimum absolute atomic E-state index is 0.435. The van der Waals surface area contributed by atoms with Gasteiger partial charge in [0.05, 0.1) is 17.7 Å². The Bertz CT molecular complexity index is 496. The first kappa shape index (κ1) is 10.9. The number of anilines is 1. The average molecular weight is 234 g/mol. The van der Waals surface area contributed by atoms with Crippen LogP contribution in [0, 0.1) is 0 Å². The summed E-state index contributed by atoms with van der Waals surface area (Å²) in [6.45, 7) is 4.24. The van der Waals surface area contributed by atoms with Crippen LogP contribution in [0.15, 0.2) is 17.9 Å². The van der Waals surface area contributed by atoms with Crippen LogP contribution in [-0.4, -0.2) is 14.5 Å². The number of nitrogens with two attached hydrogens (primary N) is 1. The molecule has 0 aliphatic heterocycles. The van der Waals surface area contributed by atoms with E-state index in [2.05, 4.69) is 28.4 Å². The molecule has 2 aromatic heterocycles. The van der Waals surface area contributed by atoms with E-state index >= 15 is 0 Å². The number of hydrogen-bond acceptors (Lipinski definition) is 4. The molecule has 84 valence electrons. The number of rotatable bonds is 3. The molecule has 2 N–H and O–H groups in total. The number of hydrogen-bond donors (Lipinski definition) is 1. The highest BCUT2D eigenvalue weighted by Gasteiger charge is 1.99. The maximum absolute atomic E-state index is 5.55. The highest BCUT2D eigenvalue weighted by Crippen LogP contribution is 2.14. The first-order valence-electron chi connectivity index (χ1n) is 5.07. The lowest BCUT2D eigenvalue weighted by Crippen LogP contribution is -1.95. The first-order valence-corrected chi connectivity index (χ1v) is 5.95. The van der Waals surface area contributed by atoms with E-state index in [-0.39, 0.29) is 0 Å². The van der Waals surface area contributed by atoms with E-state index in [4.69, 9.17) is 5.73 Å². The van der Waals surface area contributed by atoms with E-state index in [1.54, 1.807) is 0 Å². The fourth-order valence-corrected chi connectivity index (χ4v) is 1.80. The molecule has 5 heteroatoms. The normalized spacial score (nSPS) is 11.7. The summed E-state index contributed by atoms with van der Waals surface area (Å²) in [6, 6.07) is 0.435. The van der Waals surface area contributed by atoms with Gasteiger partial charge in [-0.2, -0.15) is 0 Å². The lowest BCUT2D eigenvalue weighted by molar-refractivity contribution is 0.599. The third-order valence-electron chi connectivity index (χ3n) is 2.18. The Morgan fingerprint density at radius 1 is 1.38 bits per heavy atom. The van der Waals surface area contributed by atoms with Crippen molar-refractivity contribution in [2.45, 2.75) is 19.9 Å². The van der Waals surface area contributed by atoms with Crippen molar-refractivity contribution < 1.29 is 0 Å². The van der Waals surface area contributed by atoms with Gasteiger partial charge >= 0.3 is 0 Å². The van der Waals surface area contributed by atoms with E-state index in [1.165, 1.54) is 11.3 Å². The first-order chi connectivity index (χ1) is 7.65. The van der Waals surface area contributed by atoms with Crippen LogP contribution < -0.4 is 5.73 Å². The van der Waals surface area contributed by atoms with Crippen molar-refractivity contribution in [2.24, 2.45) is 0 Å². The fourth-order valence-electron chi connectivity index (χ4n) is 1.27. The lowest BCUT2D eigenvalue weighted by atomic mass is 10.3. The third-order valence-corrected chi connectivity index (χ3v) is 2.87. The van der Waals surface area contributed by atoms with Crippen molar-refractivity contribution in [2.75, 3.05) is 5.73 Å². The van der Waals surface area contributed by atoms with E-state index in [0.29, 0.717) is 11.2 Å². The van der Waals surface area contributed by atoms with Gasteiger partial charge in [0.15, 0.2) is 5.13 Å². The molecule has 0 aliphatic carbocycles. The predicted octanol–water partition coefficient (Wildman–Crippen LogP) is 2.67.